The molecular weight excluding hydrogens is 656 g/mol. The molecule has 2 aliphatic heterocycles. The van der Waals surface area contributed by atoms with Gasteiger partial charge in [-0.1, -0.05) is 38.1 Å². The van der Waals surface area contributed by atoms with Gasteiger partial charge in [-0.25, -0.2) is 0 Å². The summed E-state index contributed by atoms with van der Waals surface area (Å²) in [5.41, 5.74) is 3.10. The first-order chi connectivity index (χ1) is 24.5. The minimum absolute atomic E-state index is 0.00959. The molecule has 0 aromatic heterocycles. The number of benzene rings is 4. The second-order valence-electron chi connectivity index (χ2n) is 13.1. The van der Waals surface area contributed by atoms with Crippen molar-refractivity contribution in [1.29, 1.82) is 0 Å². The summed E-state index contributed by atoms with van der Waals surface area (Å²) in [5.74, 6) is 3.87. The van der Waals surface area contributed by atoms with E-state index in [1.807, 2.05) is 36.4 Å². The van der Waals surface area contributed by atoms with E-state index in [1.54, 1.807) is 58.4 Å². The largest absolute Gasteiger partial charge is 0.504 e. The van der Waals surface area contributed by atoms with E-state index in [1.165, 1.54) is 13.2 Å². The molecule has 1 saturated heterocycles. The fraction of sp³-hybridized carbons (Fsp3) is 0.400. The standard InChI is InChI=1S/C40H46O11/c1-21-22(2)40(28-11-15-32(35(19-28)46-7)50-24(4)38(43)26-9-13-30-36(17-26)48-20-47-30)51-39(21)27-10-14-31(34(18-27)45-6)49-23(3)37(42)25-8-12-29(41)33(16-25)44-5/h8-19,21-24,37-43H,20H2,1-7H3/t21-,22+,23+,24+,37-,38-,39-,40+/m0/s1. The molecule has 51 heavy (non-hydrogen) atoms. The second-order valence-corrected chi connectivity index (χ2v) is 13.1. The molecule has 2 aliphatic rings. The van der Waals surface area contributed by atoms with Crippen LogP contribution in [0, 0.1) is 11.8 Å². The lowest BCUT2D eigenvalue weighted by atomic mass is 9.85. The van der Waals surface area contributed by atoms with Crippen molar-refractivity contribution < 1.29 is 53.2 Å². The molecule has 272 valence electrons. The quantitative estimate of drug-likeness (QED) is 0.130. The van der Waals surface area contributed by atoms with E-state index in [2.05, 4.69) is 13.8 Å². The Morgan fingerprint density at radius 2 is 1.08 bits per heavy atom. The average molecular weight is 703 g/mol. The smallest absolute Gasteiger partial charge is 0.231 e. The molecule has 0 saturated carbocycles. The van der Waals surface area contributed by atoms with Gasteiger partial charge in [0, 0.05) is 0 Å². The van der Waals surface area contributed by atoms with Crippen molar-refractivity contribution in [3.8, 4) is 46.0 Å². The minimum Gasteiger partial charge on any atom is -0.504 e. The predicted octanol–water partition coefficient (Wildman–Crippen LogP) is 7.23. The highest BCUT2D eigenvalue weighted by molar-refractivity contribution is 5.48. The number of methoxy groups -OCH3 is 3. The second kappa shape index (κ2) is 15.2. The van der Waals surface area contributed by atoms with Crippen LogP contribution in [-0.2, 0) is 4.74 Å². The van der Waals surface area contributed by atoms with Crippen molar-refractivity contribution in [3.05, 3.63) is 95.1 Å². The highest BCUT2D eigenvalue weighted by Crippen LogP contribution is 2.51. The molecule has 0 amide bonds. The summed E-state index contributed by atoms with van der Waals surface area (Å²) in [6, 6.07) is 21.5. The molecule has 3 N–H and O–H groups in total. The highest BCUT2D eigenvalue weighted by Gasteiger charge is 2.41. The third kappa shape index (κ3) is 7.33. The zero-order valence-electron chi connectivity index (χ0n) is 29.9. The molecule has 4 aromatic rings. The zero-order valence-corrected chi connectivity index (χ0v) is 29.9. The van der Waals surface area contributed by atoms with Gasteiger partial charge in [0.15, 0.2) is 46.0 Å². The molecule has 8 atom stereocenters. The Bertz CT molecular complexity index is 1740. The van der Waals surface area contributed by atoms with Crippen LogP contribution in [0.1, 0.15) is 74.4 Å². The molecule has 0 aliphatic carbocycles. The van der Waals surface area contributed by atoms with E-state index in [4.69, 9.17) is 37.9 Å². The first kappa shape index (κ1) is 36.0. The van der Waals surface area contributed by atoms with Crippen LogP contribution in [0.3, 0.4) is 0 Å². The van der Waals surface area contributed by atoms with Gasteiger partial charge in [0.1, 0.15) is 24.4 Å². The Balaban J connectivity index is 1.14. The van der Waals surface area contributed by atoms with E-state index >= 15 is 0 Å². The Morgan fingerprint density at radius 3 is 1.61 bits per heavy atom. The molecule has 1 fully saturated rings. The molecule has 6 rings (SSSR count). The van der Waals surface area contributed by atoms with Gasteiger partial charge in [0.2, 0.25) is 6.79 Å². The number of aromatic hydroxyl groups is 1. The Morgan fingerprint density at radius 1 is 0.588 bits per heavy atom. The first-order valence-corrected chi connectivity index (χ1v) is 17.0. The van der Waals surface area contributed by atoms with Crippen molar-refractivity contribution in [2.45, 2.75) is 64.3 Å². The fourth-order valence-electron chi connectivity index (χ4n) is 6.69. The van der Waals surface area contributed by atoms with Gasteiger partial charge in [-0.05, 0) is 96.5 Å². The molecular formula is C40H46O11. The number of phenols is 1. The number of aliphatic hydroxyl groups is 2. The number of hydrogen-bond acceptors (Lipinski definition) is 11. The van der Waals surface area contributed by atoms with Gasteiger partial charge in [-0.3, -0.25) is 0 Å². The van der Waals surface area contributed by atoms with Crippen LogP contribution in [0.25, 0.3) is 0 Å². The lowest BCUT2D eigenvalue weighted by Gasteiger charge is -2.24. The topological polar surface area (TPSA) is 135 Å². The van der Waals surface area contributed by atoms with Gasteiger partial charge in [0.25, 0.3) is 0 Å². The molecule has 11 heteroatoms. The monoisotopic (exact) mass is 702 g/mol. The summed E-state index contributed by atoms with van der Waals surface area (Å²) in [6.45, 7) is 8.07. The van der Waals surface area contributed by atoms with Crippen LogP contribution in [0.5, 0.6) is 46.0 Å². The maximum absolute atomic E-state index is 11.0. The summed E-state index contributed by atoms with van der Waals surface area (Å²) < 4.78 is 46.6. The van der Waals surface area contributed by atoms with Crippen molar-refractivity contribution in [3.63, 3.8) is 0 Å². The van der Waals surface area contributed by atoms with E-state index < -0.39 is 24.4 Å². The van der Waals surface area contributed by atoms with Crippen LogP contribution < -0.4 is 33.2 Å². The van der Waals surface area contributed by atoms with Crippen LogP contribution in [0.2, 0.25) is 0 Å². The molecule has 0 radical (unpaired) electrons. The predicted molar refractivity (Wildman–Crippen MR) is 188 cm³/mol. The summed E-state index contributed by atoms with van der Waals surface area (Å²) in [5, 5.41) is 32.0. The van der Waals surface area contributed by atoms with Gasteiger partial charge in [-0.15, -0.1) is 0 Å². The lowest BCUT2D eigenvalue weighted by Crippen LogP contribution is -2.22. The molecule has 0 bridgehead atoms. The maximum Gasteiger partial charge on any atom is 0.231 e. The van der Waals surface area contributed by atoms with Gasteiger partial charge in [0.05, 0.1) is 33.5 Å². The summed E-state index contributed by atoms with van der Waals surface area (Å²) in [7, 11) is 4.62. The Kier molecular flexibility index (Phi) is 10.7. The number of ether oxygens (including phenoxy) is 8. The van der Waals surface area contributed by atoms with Crippen molar-refractivity contribution in [1.82, 2.24) is 0 Å². The van der Waals surface area contributed by atoms with Crippen LogP contribution in [-0.4, -0.2) is 55.6 Å². The Hall–Kier alpha value is -4.84. The van der Waals surface area contributed by atoms with E-state index in [9.17, 15) is 15.3 Å². The van der Waals surface area contributed by atoms with Gasteiger partial charge in [-0.2, -0.15) is 0 Å². The SMILES string of the molecule is COc1cc([C@@H](O)[C@@H](C)Oc2ccc([C@H]3O[C@@H](c4ccc(O[C@H](C)[C@H](O)c5ccc6c(c5)OCO6)c(OC)c4)[C@H](C)[C@@H]3C)cc2OC)ccc1O. The molecule has 11 nitrogen and oxygen atoms in total. The number of aliphatic hydroxyl groups excluding tert-OH is 2. The number of hydrogen-bond donors (Lipinski definition) is 3. The van der Waals surface area contributed by atoms with Crippen LogP contribution in [0.4, 0.5) is 0 Å². The third-order valence-corrected chi connectivity index (χ3v) is 9.91. The van der Waals surface area contributed by atoms with Crippen LogP contribution in [0.15, 0.2) is 72.8 Å². The van der Waals surface area contributed by atoms with E-state index in [-0.39, 0.29) is 42.3 Å². The highest BCUT2D eigenvalue weighted by atomic mass is 16.7. The normalized spacial score (nSPS) is 21.7. The first-order valence-electron chi connectivity index (χ1n) is 17.0. The van der Waals surface area contributed by atoms with E-state index in [0.29, 0.717) is 45.6 Å². The lowest BCUT2D eigenvalue weighted by molar-refractivity contribution is 0.0281. The van der Waals surface area contributed by atoms with E-state index in [0.717, 1.165) is 11.1 Å². The number of rotatable bonds is 13. The summed E-state index contributed by atoms with van der Waals surface area (Å²) >= 11 is 0. The zero-order chi connectivity index (χ0) is 36.4. The third-order valence-electron chi connectivity index (χ3n) is 9.91. The van der Waals surface area contributed by atoms with Crippen molar-refractivity contribution in [2.75, 3.05) is 28.1 Å². The summed E-state index contributed by atoms with van der Waals surface area (Å²) in [4.78, 5) is 0. The Labute approximate surface area is 298 Å². The maximum atomic E-state index is 11.0. The molecule has 4 aromatic carbocycles. The number of phenolic OH excluding ortho intramolecular Hbond substituents is 1. The molecule has 0 unspecified atom stereocenters. The molecule has 2 heterocycles. The van der Waals surface area contributed by atoms with Gasteiger partial charge >= 0.3 is 0 Å². The van der Waals surface area contributed by atoms with Crippen molar-refractivity contribution >= 4 is 0 Å². The minimum atomic E-state index is -0.985. The number of fused-ring (bicyclic) bond motifs is 1. The average Bonchev–Trinajstić information content (AvgIpc) is 3.74. The van der Waals surface area contributed by atoms with Crippen LogP contribution >= 0.6 is 0 Å². The summed E-state index contributed by atoms with van der Waals surface area (Å²) in [6.07, 6.45) is -3.55. The fourth-order valence-corrected chi connectivity index (χ4v) is 6.69. The van der Waals surface area contributed by atoms with Gasteiger partial charge < -0.3 is 53.2 Å². The molecule has 0 spiro atoms. The van der Waals surface area contributed by atoms with Crippen molar-refractivity contribution in [2.24, 2.45) is 11.8 Å².